The molecule has 0 bridgehead atoms. The van der Waals surface area contributed by atoms with Crippen LogP contribution in [0.2, 0.25) is 0 Å². The molecule has 0 aliphatic heterocycles. The summed E-state index contributed by atoms with van der Waals surface area (Å²) in [4.78, 5) is 23.9. The second-order valence-electron chi connectivity index (χ2n) is 6.23. The first-order valence-corrected chi connectivity index (χ1v) is 9.26. The fraction of sp³-hybridized carbons (Fsp3) is 0.200. The van der Waals surface area contributed by atoms with E-state index in [1.165, 1.54) is 0 Å². The molecule has 1 heterocycles. The highest BCUT2D eigenvalue weighted by atomic mass is 32.1. The average molecular weight is 367 g/mol. The second-order valence-corrected chi connectivity index (χ2v) is 7.14. The van der Waals surface area contributed by atoms with Gasteiger partial charge in [0.2, 0.25) is 11.8 Å². The zero-order valence-corrected chi connectivity index (χ0v) is 15.0. The van der Waals surface area contributed by atoms with Crippen molar-refractivity contribution in [1.29, 1.82) is 0 Å². The lowest BCUT2D eigenvalue weighted by Gasteiger charge is -2.22. The largest absolute Gasteiger partial charge is 0.368 e. The molecule has 2 amide bonds. The van der Waals surface area contributed by atoms with Crippen LogP contribution in [0.3, 0.4) is 0 Å². The zero-order chi connectivity index (χ0) is 18.5. The molecular weight excluding hydrogens is 346 g/mol. The van der Waals surface area contributed by atoms with Crippen LogP contribution in [0.25, 0.3) is 10.1 Å². The topological polar surface area (TPSA) is 98.2 Å². The lowest BCUT2D eigenvalue weighted by atomic mass is 10.0. The molecule has 5 N–H and O–H groups in total. The van der Waals surface area contributed by atoms with E-state index in [4.69, 9.17) is 11.5 Å². The third-order valence-electron chi connectivity index (χ3n) is 4.36. The molecule has 6 heteroatoms. The summed E-state index contributed by atoms with van der Waals surface area (Å²) >= 11 is 1.62. The summed E-state index contributed by atoms with van der Waals surface area (Å²) in [7, 11) is 0. The van der Waals surface area contributed by atoms with E-state index in [9.17, 15) is 9.59 Å². The molecule has 0 fully saturated rings. The minimum Gasteiger partial charge on any atom is -0.368 e. The van der Waals surface area contributed by atoms with Gasteiger partial charge in [-0.3, -0.25) is 14.9 Å². The Morgan fingerprint density at radius 3 is 2.19 bits per heavy atom. The highest BCUT2D eigenvalue weighted by Crippen LogP contribution is 2.26. The van der Waals surface area contributed by atoms with Crippen molar-refractivity contribution in [2.75, 3.05) is 0 Å². The van der Waals surface area contributed by atoms with Crippen LogP contribution >= 0.6 is 11.3 Å². The summed E-state index contributed by atoms with van der Waals surface area (Å²) < 4.78 is 1.15. The lowest BCUT2D eigenvalue weighted by molar-refractivity contribution is -0.122. The number of hydrogen-bond donors (Lipinski definition) is 3. The van der Waals surface area contributed by atoms with Crippen molar-refractivity contribution in [2.45, 2.75) is 24.9 Å². The lowest BCUT2D eigenvalue weighted by Crippen LogP contribution is -2.53. The standard InChI is InChI=1S/C20H21N3O2S/c21-19(24)16(10-13-6-2-1-3-7-13)23-17(20(22)25)11-14-12-26-18-9-5-4-8-15(14)18/h1-9,12,16-17,23H,10-11H2,(H2,21,24)(H2,22,25)/t16-,17+/m1/s1. The number of carbonyl (C=O) groups excluding carboxylic acids is 2. The SMILES string of the molecule is NC(=O)[C@H](Cc1csc2ccccc12)N[C@H](Cc1ccccc1)C(N)=O. The molecule has 134 valence electrons. The van der Waals surface area contributed by atoms with Gasteiger partial charge in [0.25, 0.3) is 0 Å². The third kappa shape index (κ3) is 4.28. The molecule has 2 atom stereocenters. The van der Waals surface area contributed by atoms with E-state index in [2.05, 4.69) is 5.32 Å². The van der Waals surface area contributed by atoms with E-state index in [0.29, 0.717) is 12.8 Å². The smallest absolute Gasteiger partial charge is 0.234 e. The number of primary amides is 2. The maximum Gasteiger partial charge on any atom is 0.234 e. The Morgan fingerprint density at radius 1 is 0.885 bits per heavy atom. The van der Waals surface area contributed by atoms with Gasteiger partial charge in [-0.2, -0.15) is 0 Å². The van der Waals surface area contributed by atoms with Crippen molar-refractivity contribution in [3.8, 4) is 0 Å². The summed E-state index contributed by atoms with van der Waals surface area (Å²) in [6, 6.07) is 16.2. The minimum atomic E-state index is -0.672. The molecule has 0 aliphatic carbocycles. The van der Waals surface area contributed by atoms with Gasteiger partial charge in [-0.05, 0) is 40.8 Å². The van der Waals surface area contributed by atoms with Gasteiger partial charge in [0.05, 0.1) is 12.1 Å². The summed E-state index contributed by atoms with van der Waals surface area (Å²) in [5, 5.41) is 6.19. The predicted molar refractivity (Wildman–Crippen MR) is 105 cm³/mol. The summed E-state index contributed by atoms with van der Waals surface area (Å²) in [6.07, 6.45) is 0.822. The van der Waals surface area contributed by atoms with E-state index in [0.717, 1.165) is 21.2 Å². The van der Waals surface area contributed by atoms with Gasteiger partial charge < -0.3 is 11.5 Å². The molecule has 1 aromatic heterocycles. The maximum absolute atomic E-state index is 12.0. The van der Waals surface area contributed by atoms with Crippen molar-refractivity contribution >= 4 is 33.2 Å². The van der Waals surface area contributed by atoms with Crippen molar-refractivity contribution in [3.05, 3.63) is 71.1 Å². The first kappa shape index (κ1) is 18.1. The zero-order valence-electron chi connectivity index (χ0n) is 14.2. The Balaban J connectivity index is 1.78. The fourth-order valence-electron chi connectivity index (χ4n) is 2.99. The molecule has 2 aromatic carbocycles. The Bertz CT molecular complexity index is 908. The van der Waals surface area contributed by atoms with Gasteiger partial charge in [0.15, 0.2) is 0 Å². The van der Waals surface area contributed by atoms with E-state index in [-0.39, 0.29) is 0 Å². The third-order valence-corrected chi connectivity index (χ3v) is 5.37. The van der Waals surface area contributed by atoms with Crippen molar-refractivity contribution < 1.29 is 9.59 Å². The number of nitrogens with one attached hydrogen (secondary N) is 1. The fourth-order valence-corrected chi connectivity index (χ4v) is 3.96. The molecule has 0 saturated heterocycles. The number of nitrogens with two attached hydrogens (primary N) is 2. The van der Waals surface area contributed by atoms with E-state index >= 15 is 0 Å². The molecule has 26 heavy (non-hydrogen) atoms. The van der Waals surface area contributed by atoms with Crippen LogP contribution in [-0.4, -0.2) is 23.9 Å². The molecule has 3 aromatic rings. The van der Waals surface area contributed by atoms with Crippen LogP contribution in [0.5, 0.6) is 0 Å². The van der Waals surface area contributed by atoms with Crippen molar-refractivity contribution in [3.63, 3.8) is 0 Å². The predicted octanol–water partition coefficient (Wildman–Crippen LogP) is 1.98. The first-order chi connectivity index (χ1) is 12.5. The van der Waals surface area contributed by atoms with Gasteiger partial charge >= 0.3 is 0 Å². The van der Waals surface area contributed by atoms with Gasteiger partial charge in [-0.25, -0.2) is 0 Å². The molecule has 0 saturated carbocycles. The Hall–Kier alpha value is -2.70. The van der Waals surface area contributed by atoms with Crippen LogP contribution in [0.1, 0.15) is 11.1 Å². The average Bonchev–Trinajstić information content (AvgIpc) is 3.04. The van der Waals surface area contributed by atoms with E-state index in [1.807, 2.05) is 60.0 Å². The number of benzene rings is 2. The number of rotatable bonds is 8. The Labute approximate surface area is 156 Å². The minimum absolute atomic E-state index is 0.407. The number of fused-ring (bicyclic) bond motifs is 1. The number of thiophene rings is 1. The normalized spacial score (nSPS) is 13.4. The van der Waals surface area contributed by atoms with Gasteiger partial charge in [-0.1, -0.05) is 48.5 Å². The van der Waals surface area contributed by atoms with Crippen LogP contribution in [0.15, 0.2) is 60.0 Å². The number of hydrogen-bond acceptors (Lipinski definition) is 4. The van der Waals surface area contributed by atoms with Crippen molar-refractivity contribution in [1.82, 2.24) is 5.32 Å². The van der Waals surface area contributed by atoms with Gasteiger partial charge in [0.1, 0.15) is 0 Å². The van der Waals surface area contributed by atoms with Gasteiger partial charge in [-0.15, -0.1) is 11.3 Å². The number of carbonyl (C=O) groups is 2. The van der Waals surface area contributed by atoms with Crippen LogP contribution in [0, 0.1) is 0 Å². The summed E-state index contributed by atoms with van der Waals surface area (Å²) in [5.74, 6) is -1.00. The van der Waals surface area contributed by atoms with Crippen molar-refractivity contribution in [2.24, 2.45) is 11.5 Å². The van der Waals surface area contributed by atoms with Crippen LogP contribution in [0.4, 0.5) is 0 Å². The summed E-state index contributed by atoms with van der Waals surface area (Å²) in [6.45, 7) is 0. The summed E-state index contributed by atoms with van der Waals surface area (Å²) in [5.41, 5.74) is 13.1. The monoisotopic (exact) mass is 367 g/mol. The van der Waals surface area contributed by atoms with Crippen LogP contribution < -0.4 is 16.8 Å². The van der Waals surface area contributed by atoms with E-state index < -0.39 is 23.9 Å². The molecule has 0 spiro atoms. The molecule has 0 aliphatic rings. The maximum atomic E-state index is 12.0. The Kier molecular flexibility index (Phi) is 5.65. The molecule has 0 unspecified atom stereocenters. The van der Waals surface area contributed by atoms with Crippen LogP contribution in [-0.2, 0) is 22.4 Å². The molecule has 0 radical (unpaired) electrons. The van der Waals surface area contributed by atoms with Gasteiger partial charge in [0, 0.05) is 4.70 Å². The first-order valence-electron chi connectivity index (χ1n) is 8.38. The van der Waals surface area contributed by atoms with E-state index in [1.54, 1.807) is 11.3 Å². The Morgan fingerprint density at radius 2 is 1.50 bits per heavy atom. The number of amides is 2. The highest BCUT2D eigenvalue weighted by molar-refractivity contribution is 7.17. The molecule has 3 rings (SSSR count). The molecular formula is C20H21N3O2S. The molecule has 5 nitrogen and oxygen atoms in total. The second kappa shape index (κ2) is 8.12. The quantitative estimate of drug-likeness (QED) is 0.568. The highest BCUT2D eigenvalue weighted by Gasteiger charge is 2.25.